The smallest absolute Gasteiger partial charge is 0.0744 e. The molecule has 0 aliphatic rings. The van der Waals surface area contributed by atoms with Crippen LogP contribution < -0.4 is 0 Å². The topological polar surface area (TPSA) is 9.23 Å². The fourth-order valence-electron chi connectivity index (χ4n) is 2.71. The molecule has 0 saturated heterocycles. The molecule has 0 saturated carbocycles. The average molecular weight is 1030 g/mol. The Labute approximate surface area is 238 Å². The lowest BCUT2D eigenvalue weighted by Crippen LogP contribution is -2.29. The van der Waals surface area contributed by atoms with Crippen LogP contribution in [0.5, 0.6) is 0 Å². The van der Waals surface area contributed by atoms with Crippen LogP contribution in [-0.2, 0) is 4.74 Å². The van der Waals surface area contributed by atoms with E-state index in [2.05, 4.69) is 149 Å². The van der Waals surface area contributed by atoms with E-state index in [0.717, 1.165) is 0 Å². The molecule has 0 aliphatic heterocycles. The second-order valence-electron chi connectivity index (χ2n) is 6.54. The molecule has 0 N–H and O–H groups in total. The molecule has 0 bridgehead atoms. The SMILES string of the molecule is CCCCCC(CC(I)C(I)I)OC(CCCCC)CC(I)C(I)I. The minimum Gasteiger partial charge on any atom is -0.375 e. The summed E-state index contributed by atoms with van der Waals surface area (Å²) in [5, 5.41) is 0. The second kappa shape index (κ2) is 19.1. The van der Waals surface area contributed by atoms with Gasteiger partial charge in [0.05, 0.1) is 16.1 Å². The van der Waals surface area contributed by atoms with E-state index in [1.165, 1.54) is 64.2 Å². The molecule has 4 atom stereocenters. The molecule has 0 aromatic carbocycles. The highest BCUT2D eigenvalue weighted by Crippen LogP contribution is 2.32. The Morgan fingerprint density at radius 1 is 0.600 bits per heavy atom. The highest BCUT2D eigenvalue weighted by Gasteiger charge is 2.25. The highest BCUT2D eigenvalue weighted by atomic mass is 127. The van der Waals surface area contributed by atoms with Crippen LogP contribution in [0.25, 0.3) is 0 Å². The van der Waals surface area contributed by atoms with Crippen LogP contribution in [-0.4, -0.2) is 23.9 Å². The maximum absolute atomic E-state index is 6.76. The maximum atomic E-state index is 6.76. The van der Waals surface area contributed by atoms with Gasteiger partial charge in [0.25, 0.3) is 0 Å². The van der Waals surface area contributed by atoms with Crippen molar-refractivity contribution in [2.75, 3.05) is 0 Å². The highest BCUT2D eigenvalue weighted by molar-refractivity contribution is 14.2. The Hall–Kier alpha value is 4.34. The number of rotatable bonds is 16. The summed E-state index contributed by atoms with van der Waals surface area (Å²) in [4.78, 5) is 0. The summed E-state index contributed by atoms with van der Waals surface area (Å²) in [6.45, 7) is 4.58. The van der Waals surface area contributed by atoms with Crippen LogP contribution in [0.15, 0.2) is 0 Å². The number of ether oxygens (including phenoxy) is 1. The van der Waals surface area contributed by atoms with Crippen molar-refractivity contribution in [1.82, 2.24) is 0 Å². The second-order valence-corrected chi connectivity index (χ2v) is 19.9. The summed E-state index contributed by atoms with van der Waals surface area (Å²) >= 11 is 15.5. The Morgan fingerprint density at radius 3 is 1.24 bits per heavy atom. The van der Waals surface area contributed by atoms with Gasteiger partial charge in [-0.1, -0.05) is 188 Å². The van der Waals surface area contributed by atoms with Gasteiger partial charge in [-0.3, -0.25) is 0 Å². The molecule has 152 valence electrons. The van der Waals surface area contributed by atoms with Gasteiger partial charge in [-0.05, 0) is 25.7 Å². The van der Waals surface area contributed by atoms with Crippen molar-refractivity contribution < 1.29 is 4.74 Å². The van der Waals surface area contributed by atoms with E-state index >= 15 is 0 Å². The van der Waals surface area contributed by atoms with Crippen molar-refractivity contribution in [3.63, 3.8) is 0 Å². The molecule has 0 spiro atoms. The molecule has 1 nitrogen and oxygen atoms in total. The van der Waals surface area contributed by atoms with Crippen LogP contribution in [0.2, 0.25) is 0 Å². The van der Waals surface area contributed by atoms with Crippen LogP contribution >= 0.6 is 136 Å². The molecule has 0 heterocycles. The lowest BCUT2D eigenvalue weighted by atomic mass is 10.0. The van der Waals surface area contributed by atoms with Crippen molar-refractivity contribution in [2.45, 2.75) is 102 Å². The number of halogens is 6. The van der Waals surface area contributed by atoms with Gasteiger partial charge in [0.15, 0.2) is 0 Å². The van der Waals surface area contributed by atoms with Gasteiger partial charge >= 0.3 is 0 Å². The zero-order chi connectivity index (χ0) is 19.2. The van der Waals surface area contributed by atoms with Gasteiger partial charge in [-0.2, -0.15) is 0 Å². The van der Waals surface area contributed by atoms with Crippen LogP contribution in [0, 0.1) is 0 Å². The molecule has 0 rings (SSSR count). The predicted octanol–water partition coefficient (Wildman–Crippen LogP) is 9.68. The third kappa shape index (κ3) is 16.7. The number of hydrogen-bond acceptors (Lipinski definition) is 1. The first kappa shape index (κ1) is 29.3. The van der Waals surface area contributed by atoms with Crippen molar-refractivity contribution in [3.8, 4) is 0 Å². The normalized spacial score (nSPS) is 17.0. The minimum atomic E-state index is 0.442. The first-order chi connectivity index (χ1) is 11.8. The van der Waals surface area contributed by atoms with Crippen LogP contribution in [0.3, 0.4) is 0 Å². The number of unbranched alkanes of at least 4 members (excludes halogenated alkanes) is 4. The third-order valence-electron chi connectivity index (χ3n) is 4.17. The monoisotopic (exact) mass is 1030 g/mol. The first-order valence-electron chi connectivity index (χ1n) is 9.31. The van der Waals surface area contributed by atoms with Gasteiger partial charge in [0.2, 0.25) is 0 Å². The molecule has 25 heavy (non-hydrogen) atoms. The molecule has 0 aromatic rings. The zero-order valence-electron chi connectivity index (χ0n) is 15.2. The van der Waals surface area contributed by atoms with Gasteiger partial charge in [0, 0.05) is 7.85 Å². The van der Waals surface area contributed by atoms with Gasteiger partial charge in [-0.25, -0.2) is 0 Å². The predicted molar refractivity (Wildman–Crippen MR) is 165 cm³/mol. The summed E-state index contributed by atoms with van der Waals surface area (Å²) in [7, 11) is 0. The standard InChI is InChI=1S/C18H32I6O/c1-3-5-7-9-13(11-15(19)17(21)22)25-14(10-8-6-4-2)12-16(20)18(23)24/h13-18H,3-12H2,1-2H3. The Kier molecular flexibility index (Phi) is 22.4. The molecular formula is C18H32I6O. The zero-order valence-corrected chi connectivity index (χ0v) is 28.2. The summed E-state index contributed by atoms with van der Waals surface area (Å²) in [6, 6.07) is 0. The third-order valence-corrected chi connectivity index (χ3v) is 15.6. The quantitative estimate of drug-likeness (QED) is 0.0851. The van der Waals surface area contributed by atoms with Crippen molar-refractivity contribution in [1.29, 1.82) is 0 Å². The fourth-order valence-corrected chi connectivity index (χ4v) is 5.02. The van der Waals surface area contributed by atoms with E-state index in [9.17, 15) is 0 Å². The van der Waals surface area contributed by atoms with Crippen molar-refractivity contribution >= 4 is 136 Å². The molecule has 4 unspecified atom stereocenters. The Bertz CT molecular complexity index is 275. The summed E-state index contributed by atoms with van der Waals surface area (Å²) in [5.41, 5.74) is 0. The van der Waals surface area contributed by atoms with Crippen LogP contribution in [0.1, 0.15) is 78.1 Å². The minimum absolute atomic E-state index is 0.442. The van der Waals surface area contributed by atoms with Crippen molar-refractivity contribution in [2.24, 2.45) is 0 Å². The molecule has 7 heteroatoms. The van der Waals surface area contributed by atoms with E-state index in [4.69, 9.17) is 4.74 Å². The summed E-state index contributed by atoms with van der Waals surface area (Å²) in [5.74, 6) is 0. The maximum Gasteiger partial charge on any atom is 0.0744 e. The first-order valence-corrected chi connectivity index (χ1v) is 16.8. The summed E-state index contributed by atoms with van der Waals surface area (Å²) < 4.78 is 9.51. The van der Waals surface area contributed by atoms with E-state index < -0.39 is 0 Å². The van der Waals surface area contributed by atoms with Crippen LogP contribution in [0.4, 0.5) is 0 Å². The molecule has 0 fully saturated rings. The van der Waals surface area contributed by atoms with E-state index in [1.54, 1.807) is 0 Å². The van der Waals surface area contributed by atoms with E-state index in [1.807, 2.05) is 0 Å². The van der Waals surface area contributed by atoms with E-state index in [0.29, 0.717) is 23.9 Å². The fraction of sp³-hybridized carbons (Fsp3) is 1.00. The molecule has 0 radical (unpaired) electrons. The van der Waals surface area contributed by atoms with Gasteiger partial charge < -0.3 is 4.74 Å². The molecule has 0 aromatic heterocycles. The number of alkyl halides is 6. The number of hydrogen-bond donors (Lipinski definition) is 0. The largest absolute Gasteiger partial charge is 0.375 e. The van der Waals surface area contributed by atoms with E-state index in [-0.39, 0.29) is 0 Å². The molecular weight excluding hydrogens is 994 g/mol. The molecule has 0 amide bonds. The molecule has 0 aliphatic carbocycles. The lowest BCUT2D eigenvalue weighted by molar-refractivity contribution is -0.0283. The lowest BCUT2D eigenvalue weighted by Gasteiger charge is -2.29. The van der Waals surface area contributed by atoms with Gasteiger partial charge in [0.1, 0.15) is 0 Å². The summed E-state index contributed by atoms with van der Waals surface area (Å²) in [6.07, 6.45) is 13.7. The Balaban J connectivity index is 4.79. The van der Waals surface area contributed by atoms with Gasteiger partial charge in [-0.15, -0.1) is 0 Å². The average Bonchev–Trinajstić information content (AvgIpc) is 2.54. The van der Waals surface area contributed by atoms with Crippen molar-refractivity contribution in [3.05, 3.63) is 0 Å². The Morgan fingerprint density at radius 2 is 0.960 bits per heavy atom.